The number of alkyl halides is 1. The SMILES string of the molecule is CCC1(CC)CCN(S(=O)(=O)c2[nH]ncc2CCl)C1. The van der Waals surface area contributed by atoms with Crippen LogP contribution in [0.3, 0.4) is 0 Å². The highest BCUT2D eigenvalue weighted by atomic mass is 35.5. The molecule has 19 heavy (non-hydrogen) atoms. The fourth-order valence-corrected chi connectivity index (χ4v) is 4.61. The molecule has 0 aromatic carbocycles. The molecule has 0 saturated carbocycles. The zero-order chi connectivity index (χ0) is 14.1. The van der Waals surface area contributed by atoms with Gasteiger partial charge in [0.25, 0.3) is 10.0 Å². The van der Waals surface area contributed by atoms with Crippen LogP contribution in [0.2, 0.25) is 0 Å². The van der Waals surface area contributed by atoms with Crippen molar-refractivity contribution in [2.45, 2.75) is 44.0 Å². The van der Waals surface area contributed by atoms with E-state index >= 15 is 0 Å². The summed E-state index contributed by atoms with van der Waals surface area (Å²) in [5.41, 5.74) is 0.654. The van der Waals surface area contributed by atoms with E-state index in [9.17, 15) is 8.42 Å². The third-order valence-corrected chi connectivity index (χ3v) is 6.47. The van der Waals surface area contributed by atoms with Gasteiger partial charge in [-0.1, -0.05) is 13.8 Å². The normalized spacial score (nSPS) is 19.9. The first kappa shape index (κ1) is 14.8. The molecule has 1 saturated heterocycles. The minimum Gasteiger partial charge on any atom is -0.266 e. The van der Waals surface area contributed by atoms with Gasteiger partial charge in [-0.15, -0.1) is 11.6 Å². The van der Waals surface area contributed by atoms with Crippen LogP contribution in [0.4, 0.5) is 0 Å². The molecule has 0 unspecified atom stereocenters. The Bertz CT molecular complexity index is 537. The van der Waals surface area contributed by atoms with E-state index in [-0.39, 0.29) is 16.3 Å². The summed E-state index contributed by atoms with van der Waals surface area (Å²) in [4.78, 5) is 0. The van der Waals surface area contributed by atoms with Crippen LogP contribution in [-0.2, 0) is 15.9 Å². The second-order valence-corrected chi connectivity index (χ2v) is 7.30. The molecule has 0 spiro atoms. The maximum absolute atomic E-state index is 12.6. The predicted molar refractivity (Wildman–Crippen MR) is 74.5 cm³/mol. The molecule has 1 aromatic rings. The van der Waals surface area contributed by atoms with Crippen LogP contribution in [0.5, 0.6) is 0 Å². The van der Waals surface area contributed by atoms with Gasteiger partial charge in [0.2, 0.25) is 0 Å². The Balaban J connectivity index is 2.28. The standard InChI is InChI=1S/C12H20ClN3O2S/c1-3-12(4-2)5-6-16(9-12)19(17,18)11-10(7-13)8-14-15-11/h8H,3-7,9H2,1-2H3,(H,14,15). The summed E-state index contributed by atoms with van der Waals surface area (Å²) in [6.45, 7) is 5.41. The highest BCUT2D eigenvalue weighted by molar-refractivity contribution is 7.89. The van der Waals surface area contributed by atoms with Crippen LogP contribution >= 0.6 is 11.6 Å². The van der Waals surface area contributed by atoms with Crippen molar-refractivity contribution in [3.8, 4) is 0 Å². The van der Waals surface area contributed by atoms with Crippen molar-refractivity contribution in [3.05, 3.63) is 11.8 Å². The number of hydrogen-bond donors (Lipinski definition) is 1. The Kier molecular flexibility index (Phi) is 4.23. The largest absolute Gasteiger partial charge is 0.266 e. The summed E-state index contributed by atoms with van der Waals surface area (Å²) >= 11 is 5.75. The van der Waals surface area contributed by atoms with Crippen LogP contribution in [0.15, 0.2) is 11.2 Å². The van der Waals surface area contributed by atoms with Crippen molar-refractivity contribution in [1.29, 1.82) is 0 Å². The van der Waals surface area contributed by atoms with E-state index in [1.54, 1.807) is 4.31 Å². The van der Waals surface area contributed by atoms with Gasteiger partial charge < -0.3 is 0 Å². The van der Waals surface area contributed by atoms with Crippen molar-refractivity contribution in [3.63, 3.8) is 0 Å². The molecule has 0 aliphatic carbocycles. The van der Waals surface area contributed by atoms with Crippen molar-refractivity contribution >= 4 is 21.6 Å². The Labute approximate surface area is 119 Å². The van der Waals surface area contributed by atoms with E-state index in [4.69, 9.17) is 11.6 Å². The fraction of sp³-hybridized carbons (Fsp3) is 0.750. The van der Waals surface area contributed by atoms with Gasteiger partial charge in [-0.3, -0.25) is 5.10 Å². The first-order valence-electron chi connectivity index (χ1n) is 6.57. The number of aromatic amines is 1. The smallest absolute Gasteiger partial charge is 0.260 e. The van der Waals surface area contributed by atoms with Gasteiger partial charge in [0.1, 0.15) is 0 Å². The van der Waals surface area contributed by atoms with Crippen molar-refractivity contribution in [2.75, 3.05) is 13.1 Å². The van der Waals surface area contributed by atoms with Gasteiger partial charge in [-0.2, -0.15) is 9.40 Å². The minimum atomic E-state index is -3.50. The van der Waals surface area contributed by atoms with E-state index in [2.05, 4.69) is 24.0 Å². The highest BCUT2D eigenvalue weighted by Gasteiger charge is 2.41. The van der Waals surface area contributed by atoms with Crippen LogP contribution in [0.1, 0.15) is 38.7 Å². The summed E-state index contributed by atoms with van der Waals surface area (Å²) in [5, 5.41) is 6.51. The molecule has 1 aromatic heterocycles. The lowest BCUT2D eigenvalue weighted by Gasteiger charge is -2.26. The van der Waals surface area contributed by atoms with E-state index in [1.807, 2.05) is 0 Å². The molecule has 1 fully saturated rings. The summed E-state index contributed by atoms with van der Waals surface area (Å²) in [6, 6.07) is 0. The van der Waals surface area contributed by atoms with Crippen LogP contribution in [0.25, 0.3) is 0 Å². The lowest BCUT2D eigenvalue weighted by atomic mass is 9.82. The number of nitrogens with zero attached hydrogens (tertiary/aromatic N) is 2. The first-order chi connectivity index (χ1) is 8.99. The number of H-pyrrole nitrogens is 1. The number of aromatic nitrogens is 2. The molecule has 1 N–H and O–H groups in total. The van der Waals surface area contributed by atoms with Gasteiger partial charge in [-0.25, -0.2) is 8.42 Å². The zero-order valence-electron chi connectivity index (χ0n) is 11.3. The van der Waals surface area contributed by atoms with Crippen molar-refractivity contribution < 1.29 is 8.42 Å². The third-order valence-electron chi connectivity index (χ3n) is 4.32. The van der Waals surface area contributed by atoms with Gasteiger partial charge >= 0.3 is 0 Å². The molecular weight excluding hydrogens is 286 g/mol. The molecule has 0 atom stereocenters. The van der Waals surface area contributed by atoms with E-state index in [0.717, 1.165) is 19.3 Å². The minimum absolute atomic E-state index is 0.119. The predicted octanol–water partition coefficient (Wildman–Crippen LogP) is 2.35. The van der Waals surface area contributed by atoms with Crippen molar-refractivity contribution in [2.24, 2.45) is 5.41 Å². The van der Waals surface area contributed by atoms with Gasteiger partial charge in [0, 0.05) is 18.7 Å². The quantitative estimate of drug-likeness (QED) is 0.849. The van der Waals surface area contributed by atoms with E-state index in [0.29, 0.717) is 18.7 Å². The molecular formula is C12H20ClN3O2S. The number of halogens is 1. The van der Waals surface area contributed by atoms with E-state index < -0.39 is 10.0 Å². The molecule has 5 nitrogen and oxygen atoms in total. The molecule has 1 aliphatic rings. The molecule has 2 heterocycles. The van der Waals surface area contributed by atoms with Gasteiger partial charge in [0.15, 0.2) is 5.03 Å². The average Bonchev–Trinajstić information content (AvgIpc) is 3.06. The molecule has 1 aliphatic heterocycles. The maximum Gasteiger partial charge on any atom is 0.260 e. The monoisotopic (exact) mass is 305 g/mol. The molecule has 7 heteroatoms. The lowest BCUT2D eigenvalue weighted by molar-refractivity contribution is 0.279. The summed E-state index contributed by atoms with van der Waals surface area (Å²) in [6.07, 6.45) is 4.40. The van der Waals surface area contributed by atoms with E-state index in [1.165, 1.54) is 6.20 Å². The van der Waals surface area contributed by atoms with Gasteiger partial charge in [-0.05, 0) is 24.7 Å². The van der Waals surface area contributed by atoms with Gasteiger partial charge in [0.05, 0.1) is 12.1 Å². The number of rotatable bonds is 5. The highest BCUT2D eigenvalue weighted by Crippen LogP contribution is 2.39. The number of nitrogens with one attached hydrogen (secondary N) is 1. The first-order valence-corrected chi connectivity index (χ1v) is 8.55. The van der Waals surface area contributed by atoms with Crippen LogP contribution < -0.4 is 0 Å². The summed E-state index contributed by atoms with van der Waals surface area (Å²) in [5.74, 6) is 0.144. The zero-order valence-corrected chi connectivity index (χ0v) is 12.9. The second-order valence-electron chi connectivity index (χ2n) is 5.15. The maximum atomic E-state index is 12.6. The summed E-state index contributed by atoms with van der Waals surface area (Å²) < 4.78 is 26.7. The molecule has 0 bridgehead atoms. The topological polar surface area (TPSA) is 66.1 Å². The number of sulfonamides is 1. The molecule has 0 amide bonds. The van der Waals surface area contributed by atoms with Crippen LogP contribution in [0, 0.1) is 5.41 Å². The van der Waals surface area contributed by atoms with Crippen LogP contribution in [-0.4, -0.2) is 36.0 Å². The third kappa shape index (κ3) is 2.53. The Morgan fingerprint density at radius 1 is 1.47 bits per heavy atom. The molecule has 108 valence electrons. The average molecular weight is 306 g/mol. The Hall–Kier alpha value is -0.590. The lowest BCUT2D eigenvalue weighted by Crippen LogP contribution is -2.32. The summed E-state index contributed by atoms with van der Waals surface area (Å²) in [7, 11) is -3.50. The number of hydrogen-bond acceptors (Lipinski definition) is 3. The molecule has 2 rings (SSSR count). The Morgan fingerprint density at radius 3 is 2.68 bits per heavy atom. The Morgan fingerprint density at radius 2 is 2.16 bits per heavy atom. The fourth-order valence-electron chi connectivity index (χ4n) is 2.67. The van der Waals surface area contributed by atoms with Crippen molar-refractivity contribution in [1.82, 2.24) is 14.5 Å². The molecule has 0 radical (unpaired) electrons. The second kappa shape index (κ2) is 5.42.